The van der Waals surface area contributed by atoms with Gasteiger partial charge in [-0.3, -0.25) is 9.82 Å². The molecule has 0 aliphatic carbocycles. The summed E-state index contributed by atoms with van der Waals surface area (Å²) in [6.45, 7) is 4.90. The number of hydroxylamine groups is 1. The second kappa shape index (κ2) is 9.28. The first-order valence-corrected chi connectivity index (χ1v) is 11.2. The van der Waals surface area contributed by atoms with Crippen LogP contribution in [-0.4, -0.2) is 59.7 Å². The van der Waals surface area contributed by atoms with Crippen molar-refractivity contribution in [3.63, 3.8) is 0 Å². The van der Waals surface area contributed by atoms with Crippen LogP contribution in [0.3, 0.4) is 0 Å². The molecule has 2 fully saturated rings. The van der Waals surface area contributed by atoms with Crippen LogP contribution in [-0.2, 0) is 4.84 Å². The molecule has 3 aromatic rings. The van der Waals surface area contributed by atoms with E-state index < -0.39 is 0 Å². The van der Waals surface area contributed by atoms with Crippen LogP contribution in [0.5, 0.6) is 0 Å². The van der Waals surface area contributed by atoms with Crippen LogP contribution < -0.4 is 15.3 Å². The molecule has 0 spiro atoms. The number of hydrogen-bond acceptors (Lipinski definition) is 8. The molecule has 1 atom stereocenters. The molecule has 2 aromatic heterocycles. The third-order valence-corrected chi connectivity index (χ3v) is 6.11. The molecule has 1 aromatic carbocycles. The Labute approximate surface area is 192 Å². The third kappa shape index (κ3) is 4.62. The Morgan fingerprint density at radius 2 is 1.84 bits per heavy atom. The summed E-state index contributed by atoms with van der Waals surface area (Å²) >= 11 is 6.14. The average Bonchev–Trinajstić information content (AvgIpc) is 3.31. The molecule has 0 amide bonds. The number of benzene rings is 1. The van der Waals surface area contributed by atoms with Gasteiger partial charge in [0.15, 0.2) is 5.82 Å². The second-order valence-corrected chi connectivity index (χ2v) is 8.56. The molecule has 1 N–H and O–H groups in total. The summed E-state index contributed by atoms with van der Waals surface area (Å²) in [5.74, 6) is 1.40. The first-order valence-electron chi connectivity index (χ1n) is 10.8. The van der Waals surface area contributed by atoms with Crippen molar-refractivity contribution in [2.24, 2.45) is 0 Å². The Morgan fingerprint density at radius 1 is 1.03 bits per heavy atom. The van der Waals surface area contributed by atoms with Crippen LogP contribution in [0.1, 0.15) is 18.0 Å². The molecular weight excluding hydrogens is 426 g/mol. The molecule has 8 nitrogen and oxygen atoms in total. The van der Waals surface area contributed by atoms with Gasteiger partial charge in [0.2, 0.25) is 0 Å². The van der Waals surface area contributed by atoms with E-state index in [-0.39, 0.29) is 6.04 Å². The average molecular weight is 452 g/mol. The Kier molecular flexibility index (Phi) is 6.07. The topological polar surface area (TPSA) is 69.7 Å². The molecule has 0 bridgehead atoms. The standard InChI is InChI=1S/C23H26ClN7O/c1-29-7-9-30(10-8-29)20-4-2-19(3-5-20)28-22-13-23(27-16-26-22)31-21(6-11-32-31)17-12-18(24)15-25-14-17/h2-5,12-16,21H,6-11H2,1H3,(H,26,27,28)/t21-/m0/s1. The van der Waals surface area contributed by atoms with Crippen molar-refractivity contribution < 1.29 is 4.84 Å². The van der Waals surface area contributed by atoms with Crippen molar-refractivity contribution in [2.75, 3.05) is 55.1 Å². The van der Waals surface area contributed by atoms with Crippen molar-refractivity contribution in [1.82, 2.24) is 19.9 Å². The van der Waals surface area contributed by atoms with Crippen molar-refractivity contribution in [2.45, 2.75) is 12.5 Å². The van der Waals surface area contributed by atoms with Gasteiger partial charge in [-0.1, -0.05) is 11.6 Å². The summed E-state index contributed by atoms with van der Waals surface area (Å²) in [7, 11) is 2.17. The fourth-order valence-electron chi connectivity index (χ4n) is 4.11. The number of piperazine rings is 1. The molecule has 32 heavy (non-hydrogen) atoms. The highest BCUT2D eigenvalue weighted by Crippen LogP contribution is 2.35. The number of anilines is 4. The molecule has 4 heterocycles. The Balaban J connectivity index is 1.29. The number of pyridine rings is 1. The van der Waals surface area contributed by atoms with E-state index in [2.05, 4.69) is 61.4 Å². The molecule has 0 unspecified atom stereocenters. The number of nitrogens with one attached hydrogen (secondary N) is 1. The fraction of sp³-hybridized carbons (Fsp3) is 0.348. The van der Waals surface area contributed by atoms with Crippen molar-refractivity contribution in [3.05, 3.63) is 65.7 Å². The van der Waals surface area contributed by atoms with Gasteiger partial charge in [-0.25, -0.2) is 15.0 Å². The van der Waals surface area contributed by atoms with Gasteiger partial charge in [0, 0.05) is 62.4 Å². The van der Waals surface area contributed by atoms with E-state index in [1.54, 1.807) is 12.5 Å². The Bertz CT molecular complexity index is 1060. The molecule has 0 radical (unpaired) electrons. The predicted octanol–water partition coefficient (Wildman–Crippen LogP) is 3.90. The SMILES string of the molecule is CN1CCN(c2ccc(Nc3cc(N4OCC[C@H]4c4cncc(Cl)c4)ncn3)cc2)CC1. The molecule has 2 aliphatic heterocycles. The second-order valence-electron chi connectivity index (χ2n) is 8.12. The van der Waals surface area contributed by atoms with Crippen LogP contribution >= 0.6 is 11.6 Å². The zero-order valence-electron chi connectivity index (χ0n) is 18.0. The molecule has 166 valence electrons. The van der Waals surface area contributed by atoms with Gasteiger partial charge in [0.1, 0.15) is 12.1 Å². The fourth-order valence-corrected chi connectivity index (χ4v) is 4.29. The molecule has 9 heteroatoms. The summed E-state index contributed by atoms with van der Waals surface area (Å²) < 4.78 is 0. The lowest BCUT2D eigenvalue weighted by atomic mass is 10.1. The number of aromatic nitrogens is 3. The Morgan fingerprint density at radius 3 is 2.62 bits per heavy atom. The molecule has 0 saturated carbocycles. The normalized spacial score (nSPS) is 19.4. The lowest BCUT2D eigenvalue weighted by Gasteiger charge is -2.34. The quantitative estimate of drug-likeness (QED) is 0.626. The van der Waals surface area contributed by atoms with Crippen molar-refractivity contribution in [3.8, 4) is 0 Å². The Hall–Kier alpha value is -2.94. The highest BCUT2D eigenvalue weighted by Gasteiger charge is 2.29. The summed E-state index contributed by atoms with van der Waals surface area (Å²) in [5.41, 5.74) is 3.23. The van der Waals surface area contributed by atoms with Gasteiger partial charge >= 0.3 is 0 Å². The van der Waals surface area contributed by atoms with Crippen LogP contribution in [0.25, 0.3) is 0 Å². The number of hydrogen-bond donors (Lipinski definition) is 1. The van der Waals surface area contributed by atoms with Crippen molar-refractivity contribution in [1.29, 1.82) is 0 Å². The maximum atomic E-state index is 6.14. The van der Waals surface area contributed by atoms with Gasteiger partial charge in [0.25, 0.3) is 0 Å². The van der Waals surface area contributed by atoms with E-state index in [0.29, 0.717) is 23.3 Å². The predicted molar refractivity (Wildman–Crippen MR) is 127 cm³/mol. The van der Waals surface area contributed by atoms with Gasteiger partial charge in [-0.05, 0) is 42.9 Å². The molecule has 5 rings (SSSR count). The number of rotatable bonds is 5. The zero-order chi connectivity index (χ0) is 21.9. The van der Waals surface area contributed by atoms with E-state index in [0.717, 1.165) is 43.9 Å². The minimum absolute atomic E-state index is 0.00632. The lowest BCUT2D eigenvalue weighted by molar-refractivity contribution is 0.157. The van der Waals surface area contributed by atoms with Crippen LogP contribution in [0.2, 0.25) is 5.02 Å². The smallest absolute Gasteiger partial charge is 0.158 e. The minimum atomic E-state index is 0.00632. The summed E-state index contributed by atoms with van der Waals surface area (Å²) in [6, 6.07) is 12.3. The third-order valence-electron chi connectivity index (χ3n) is 5.90. The van der Waals surface area contributed by atoms with E-state index in [1.165, 1.54) is 5.69 Å². The first-order chi connectivity index (χ1) is 15.7. The summed E-state index contributed by atoms with van der Waals surface area (Å²) in [4.78, 5) is 23.7. The van der Waals surface area contributed by atoms with Crippen LogP contribution in [0, 0.1) is 0 Å². The molecular formula is C23H26ClN7O. The maximum Gasteiger partial charge on any atom is 0.158 e. The zero-order valence-corrected chi connectivity index (χ0v) is 18.7. The van der Waals surface area contributed by atoms with Crippen LogP contribution in [0.15, 0.2) is 55.1 Å². The minimum Gasteiger partial charge on any atom is -0.369 e. The summed E-state index contributed by atoms with van der Waals surface area (Å²) in [5, 5.41) is 5.80. The number of halogens is 1. The lowest BCUT2D eigenvalue weighted by Crippen LogP contribution is -2.44. The van der Waals surface area contributed by atoms with E-state index in [1.807, 2.05) is 23.4 Å². The van der Waals surface area contributed by atoms with E-state index >= 15 is 0 Å². The maximum absolute atomic E-state index is 6.14. The largest absolute Gasteiger partial charge is 0.369 e. The molecule has 2 saturated heterocycles. The van der Waals surface area contributed by atoms with Gasteiger partial charge in [0.05, 0.1) is 17.7 Å². The number of likely N-dealkylation sites (N-methyl/N-ethyl adjacent to an activating group) is 1. The van der Waals surface area contributed by atoms with E-state index in [9.17, 15) is 0 Å². The van der Waals surface area contributed by atoms with Gasteiger partial charge in [-0.15, -0.1) is 0 Å². The first kappa shape index (κ1) is 20.9. The van der Waals surface area contributed by atoms with Gasteiger partial charge in [-0.2, -0.15) is 0 Å². The van der Waals surface area contributed by atoms with E-state index in [4.69, 9.17) is 16.4 Å². The number of nitrogens with zero attached hydrogens (tertiary/aromatic N) is 6. The molecule has 2 aliphatic rings. The summed E-state index contributed by atoms with van der Waals surface area (Å²) in [6.07, 6.45) is 5.83. The van der Waals surface area contributed by atoms with Crippen molar-refractivity contribution >= 4 is 34.6 Å². The van der Waals surface area contributed by atoms with Gasteiger partial charge < -0.3 is 15.1 Å². The highest BCUT2D eigenvalue weighted by molar-refractivity contribution is 6.30. The van der Waals surface area contributed by atoms with Crippen LogP contribution in [0.4, 0.5) is 23.0 Å². The highest BCUT2D eigenvalue weighted by atomic mass is 35.5. The monoisotopic (exact) mass is 451 g/mol.